The molecule has 5 aromatic rings. The van der Waals surface area contributed by atoms with Crippen molar-refractivity contribution in [2.24, 2.45) is 0 Å². The first kappa shape index (κ1) is 27.1. The molecule has 2 bridgehead atoms. The molecule has 214 valence electrons. The van der Waals surface area contributed by atoms with Crippen LogP contribution < -0.4 is 4.74 Å². The largest absolute Gasteiger partial charge is 0.492 e. The van der Waals surface area contributed by atoms with E-state index in [0.717, 1.165) is 17.8 Å². The molecule has 0 radical (unpaired) electrons. The average molecular weight is 566 g/mol. The summed E-state index contributed by atoms with van der Waals surface area (Å²) in [7, 11) is 0. The summed E-state index contributed by atoms with van der Waals surface area (Å²) in [6.07, 6.45) is 15.4. The monoisotopic (exact) mass is 565 g/mol. The Labute approximate surface area is 242 Å². The molecule has 0 saturated heterocycles. The third kappa shape index (κ3) is 5.97. The second-order valence-corrected chi connectivity index (χ2v) is 10.0. The third-order valence-electron chi connectivity index (χ3n) is 7.24. The van der Waals surface area contributed by atoms with Crippen molar-refractivity contribution in [1.82, 2.24) is 43.9 Å². The van der Waals surface area contributed by atoms with E-state index in [9.17, 15) is 9.59 Å². The van der Waals surface area contributed by atoms with Crippen LogP contribution in [0.1, 0.15) is 40.1 Å². The Balaban J connectivity index is 1.26. The summed E-state index contributed by atoms with van der Waals surface area (Å²) in [6.45, 7) is 2.96. The van der Waals surface area contributed by atoms with E-state index < -0.39 is 0 Å². The molecule has 12 nitrogen and oxygen atoms in total. The topological polar surface area (TPSA) is 124 Å². The van der Waals surface area contributed by atoms with Gasteiger partial charge in [0.15, 0.2) is 5.65 Å². The Hall–Kier alpha value is -5.13. The number of nitrogens with zero attached hydrogens (tertiary/aromatic N) is 9. The van der Waals surface area contributed by atoms with Crippen molar-refractivity contribution in [2.75, 3.05) is 32.8 Å². The van der Waals surface area contributed by atoms with Crippen LogP contribution in [0, 0.1) is 0 Å². The summed E-state index contributed by atoms with van der Waals surface area (Å²) in [5.74, 6) is 1.22. The van der Waals surface area contributed by atoms with Crippen molar-refractivity contribution in [3.63, 3.8) is 0 Å². The lowest BCUT2D eigenvalue weighted by Crippen LogP contribution is -2.37. The molecule has 42 heavy (non-hydrogen) atoms. The van der Waals surface area contributed by atoms with Crippen LogP contribution in [-0.2, 0) is 6.54 Å². The highest BCUT2D eigenvalue weighted by Gasteiger charge is 2.22. The second-order valence-electron chi connectivity index (χ2n) is 10.0. The number of imidazole rings is 1. The highest BCUT2D eigenvalue weighted by atomic mass is 16.5. The fraction of sp³-hybridized carbons (Fsp3) is 0.300. The molecule has 5 heterocycles. The highest BCUT2D eigenvalue weighted by molar-refractivity contribution is 5.99. The lowest BCUT2D eigenvalue weighted by Gasteiger charge is -2.25. The molecular weight excluding hydrogens is 534 g/mol. The van der Waals surface area contributed by atoms with E-state index in [2.05, 4.69) is 29.6 Å². The molecule has 0 fully saturated rings. The summed E-state index contributed by atoms with van der Waals surface area (Å²) < 4.78 is 9.77. The molecule has 0 atom stereocenters. The zero-order valence-corrected chi connectivity index (χ0v) is 23.1. The highest BCUT2D eigenvalue weighted by Crippen LogP contribution is 2.23. The molecule has 0 N–H and O–H groups in total. The lowest BCUT2D eigenvalue weighted by atomic mass is 10.2. The number of rotatable bonds is 2. The van der Waals surface area contributed by atoms with Crippen LogP contribution in [0.3, 0.4) is 0 Å². The number of ether oxygens (including phenoxy) is 1. The van der Waals surface area contributed by atoms with E-state index in [1.54, 1.807) is 46.5 Å². The Kier molecular flexibility index (Phi) is 8.11. The Morgan fingerprint density at radius 1 is 0.762 bits per heavy atom. The number of carbonyl (C=O) groups excluding carboxylic acids is 2. The van der Waals surface area contributed by atoms with Gasteiger partial charge in [0.2, 0.25) is 0 Å². The predicted octanol–water partition coefficient (Wildman–Crippen LogP) is 3.23. The molecule has 2 amide bonds. The molecule has 0 aliphatic carbocycles. The van der Waals surface area contributed by atoms with Gasteiger partial charge < -0.3 is 19.1 Å². The van der Waals surface area contributed by atoms with E-state index in [4.69, 9.17) is 4.74 Å². The van der Waals surface area contributed by atoms with Gasteiger partial charge in [-0.15, -0.1) is 0 Å². The van der Waals surface area contributed by atoms with Gasteiger partial charge in [-0.3, -0.25) is 14.6 Å². The van der Waals surface area contributed by atoms with Crippen LogP contribution in [0.5, 0.6) is 5.75 Å². The van der Waals surface area contributed by atoms with Gasteiger partial charge in [0, 0.05) is 68.9 Å². The number of amides is 2. The molecule has 1 aromatic carbocycles. The Morgan fingerprint density at radius 2 is 1.62 bits per heavy atom. The number of aromatic nitrogens is 7. The number of benzene rings is 1. The summed E-state index contributed by atoms with van der Waals surface area (Å²) in [6, 6.07) is 9.57. The molecule has 0 saturated carbocycles. The Bertz CT molecular complexity index is 1670. The standard InChI is InChI=1S/C30H31N9O3/c40-29(25-21-35-39-16-4-8-33-28(25)39)37-12-1-2-13-38(30(41)26-22-31-9-10-32-26)18-19-42-24-7-3-6-23(20-24)27-34-11-17-36(27)14-5-15-37/h3-4,6-11,16-17,20-22H,1-2,5,12-15,18-19H2. The van der Waals surface area contributed by atoms with Gasteiger partial charge >= 0.3 is 0 Å². The van der Waals surface area contributed by atoms with Crippen molar-refractivity contribution in [2.45, 2.75) is 25.8 Å². The van der Waals surface area contributed by atoms with Crippen molar-refractivity contribution in [3.05, 3.63) is 91.2 Å². The van der Waals surface area contributed by atoms with Gasteiger partial charge in [-0.1, -0.05) is 12.1 Å². The quantitative estimate of drug-likeness (QED) is 0.320. The maximum atomic E-state index is 13.7. The fourth-order valence-electron chi connectivity index (χ4n) is 5.14. The van der Waals surface area contributed by atoms with E-state index in [-0.39, 0.29) is 17.5 Å². The first-order chi connectivity index (χ1) is 20.7. The summed E-state index contributed by atoms with van der Waals surface area (Å²) in [4.78, 5) is 47.9. The van der Waals surface area contributed by atoms with Gasteiger partial charge in [-0.05, 0) is 37.5 Å². The molecule has 0 unspecified atom stereocenters. The van der Waals surface area contributed by atoms with Gasteiger partial charge in [0.25, 0.3) is 11.8 Å². The van der Waals surface area contributed by atoms with Gasteiger partial charge in [0.05, 0.1) is 18.9 Å². The fourth-order valence-corrected chi connectivity index (χ4v) is 5.14. The minimum Gasteiger partial charge on any atom is -0.492 e. The van der Waals surface area contributed by atoms with E-state index >= 15 is 0 Å². The maximum absolute atomic E-state index is 13.7. The van der Waals surface area contributed by atoms with Crippen LogP contribution in [0.2, 0.25) is 0 Å². The van der Waals surface area contributed by atoms with Crippen molar-refractivity contribution in [3.8, 4) is 17.1 Å². The molecule has 1 aliphatic rings. The van der Waals surface area contributed by atoms with Crippen molar-refractivity contribution >= 4 is 17.5 Å². The molecule has 4 aromatic heterocycles. The second kappa shape index (κ2) is 12.6. The molecule has 12 heteroatoms. The number of hydrogen-bond acceptors (Lipinski definition) is 8. The minimum atomic E-state index is -0.203. The first-order valence-electron chi connectivity index (χ1n) is 14.0. The van der Waals surface area contributed by atoms with Crippen LogP contribution >= 0.6 is 0 Å². The van der Waals surface area contributed by atoms with Crippen molar-refractivity contribution < 1.29 is 14.3 Å². The van der Waals surface area contributed by atoms with Gasteiger partial charge in [0.1, 0.15) is 29.4 Å². The maximum Gasteiger partial charge on any atom is 0.274 e. The minimum absolute atomic E-state index is 0.110. The molecule has 1 aliphatic heterocycles. The predicted molar refractivity (Wildman–Crippen MR) is 154 cm³/mol. The Morgan fingerprint density at radius 3 is 2.48 bits per heavy atom. The normalized spacial score (nSPS) is 15.0. The number of hydrogen-bond donors (Lipinski definition) is 0. The van der Waals surface area contributed by atoms with Gasteiger partial charge in [-0.2, -0.15) is 5.10 Å². The molecular formula is C30H31N9O3. The summed E-state index contributed by atoms with van der Waals surface area (Å²) >= 11 is 0. The van der Waals surface area contributed by atoms with Crippen LogP contribution in [0.15, 0.2) is 79.9 Å². The van der Waals surface area contributed by atoms with Crippen LogP contribution in [0.4, 0.5) is 0 Å². The zero-order valence-electron chi connectivity index (χ0n) is 23.1. The van der Waals surface area contributed by atoms with Crippen LogP contribution in [0.25, 0.3) is 17.0 Å². The number of carbonyl (C=O) groups is 2. The smallest absolute Gasteiger partial charge is 0.274 e. The zero-order chi connectivity index (χ0) is 28.7. The lowest BCUT2D eigenvalue weighted by molar-refractivity contribution is 0.0701. The molecule has 6 rings (SSSR count). The summed E-state index contributed by atoms with van der Waals surface area (Å²) in [5, 5.41) is 4.31. The van der Waals surface area contributed by atoms with Crippen molar-refractivity contribution in [1.29, 1.82) is 0 Å². The number of aryl methyl sites for hydroxylation is 1. The summed E-state index contributed by atoms with van der Waals surface area (Å²) in [5.41, 5.74) is 2.22. The third-order valence-corrected chi connectivity index (χ3v) is 7.24. The van der Waals surface area contributed by atoms with E-state index in [0.29, 0.717) is 69.1 Å². The van der Waals surface area contributed by atoms with E-state index in [1.807, 2.05) is 35.4 Å². The molecule has 0 spiro atoms. The van der Waals surface area contributed by atoms with E-state index in [1.165, 1.54) is 12.4 Å². The van der Waals surface area contributed by atoms with Crippen LogP contribution in [-0.4, -0.2) is 88.5 Å². The van der Waals surface area contributed by atoms with Gasteiger partial charge in [-0.25, -0.2) is 19.5 Å². The number of fused-ring (bicyclic) bond motifs is 5. The average Bonchev–Trinajstić information content (AvgIpc) is 3.68. The first-order valence-corrected chi connectivity index (χ1v) is 14.0. The SMILES string of the molecule is O=C(c1cnccn1)N1CCCCN(C(=O)c2cnn3cccnc23)CCCn2ccnc2-c2cccc(c2)OCC1.